The molecule has 0 spiro atoms. The molecule has 0 aliphatic heterocycles. The van der Waals surface area contributed by atoms with Gasteiger partial charge in [0.15, 0.2) is 0 Å². The van der Waals surface area contributed by atoms with Gasteiger partial charge in [-0.2, -0.15) is 0 Å². The molecule has 0 aromatic heterocycles. The highest BCUT2D eigenvalue weighted by molar-refractivity contribution is 9.11. The van der Waals surface area contributed by atoms with Crippen LogP contribution in [-0.2, 0) is 27.2 Å². The Morgan fingerprint density at radius 1 is 0.867 bits per heavy atom. The average molecular weight is 879 g/mol. The van der Waals surface area contributed by atoms with Crippen LogP contribution in [0.3, 0.4) is 0 Å². The summed E-state index contributed by atoms with van der Waals surface area (Å²) in [7, 11) is 1.51. The lowest BCUT2D eigenvalue weighted by Crippen LogP contribution is -2.50. The van der Waals surface area contributed by atoms with E-state index in [1.165, 1.54) is 14.0 Å². The summed E-state index contributed by atoms with van der Waals surface area (Å²) in [6, 6.07) is 12.4. The summed E-state index contributed by atoms with van der Waals surface area (Å²) in [4.78, 5) is 37.5. The molecule has 0 saturated carbocycles. The Labute approximate surface area is 295 Å². The number of aliphatic hydroxyl groups is 1. The molecule has 0 bridgehead atoms. The van der Waals surface area contributed by atoms with Crippen LogP contribution in [0.2, 0.25) is 0 Å². The molecule has 14 heteroatoms. The van der Waals surface area contributed by atoms with Crippen LogP contribution in [0.15, 0.2) is 66.4 Å². The van der Waals surface area contributed by atoms with E-state index in [1.807, 2.05) is 0 Å². The number of nitrogens with one attached hydrogen (secondary N) is 3. The van der Waals surface area contributed by atoms with Gasteiger partial charge in [-0.1, -0.05) is 12.1 Å². The van der Waals surface area contributed by atoms with E-state index in [2.05, 4.69) is 79.7 Å². The van der Waals surface area contributed by atoms with Crippen LogP contribution in [0.4, 0.5) is 0 Å². The van der Waals surface area contributed by atoms with E-state index in [1.54, 1.807) is 48.5 Å². The molecule has 45 heavy (non-hydrogen) atoms. The van der Waals surface area contributed by atoms with Crippen LogP contribution < -0.4 is 25.4 Å². The predicted molar refractivity (Wildman–Crippen MR) is 184 cm³/mol. The summed E-state index contributed by atoms with van der Waals surface area (Å²) >= 11 is 13.4. The van der Waals surface area contributed by atoms with Crippen molar-refractivity contribution in [3.8, 4) is 17.2 Å². The van der Waals surface area contributed by atoms with Gasteiger partial charge in [-0.3, -0.25) is 14.4 Å². The minimum atomic E-state index is -1.39. The molecular weight excluding hydrogens is 846 g/mol. The number of phenols is 1. The van der Waals surface area contributed by atoms with E-state index in [9.17, 15) is 24.6 Å². The molecule has 3 aromatic carbocycles. The van der Waals surface area contributed by atoms with Gasteiger partial charge in [0.05, 0.1) is 38.0 Å². The second-order valence-electron chi connectivity index (χ2n) is 9.96. The van der Waals surface area contributed by atoms with Gasteiger partial charge in [-0.05, 0) is 130 Å². The van der Waals surface area contributed by atoms with Crippen LogP contribution in [-0.4, -0.2) is 60.8 Å². The van der Waals surface area contributed by atoms with Gasteiger partial charge in [0.2, 0.25) is 17.7 Å². The Balaban J connectivity index is 1.69. The number of hydrogen-bond acceptors (Lipinski definition) is 7. The number of amides is 3. The maximum Gasteiger partial charge on any atom is 0.245 e. The summed E-state index contributed by atoms with van der Waals surface area (Å²) in [6.45, 7) is 2.61. The zero-order valence-corrected chi connectivity index (χ0v) is 30.8. The minimum absolute atomic E-state index is 0.0368. The van der Waals surface area contributed by atoms with Crippen LogP contribution >= 0.6 is 63.7 Å². The average Bonchev–Trinajstić information content (AvgIpc) is 2.98. The van der Waals surface area contributed by atoms with Crippen molar-refractivity contribution in [1.82, 2.24) is 16.0 Å². The number of methoxy groups -OCH3 is 1. The first-order valence-electron chi connectivity index (χ1n) is 13.8. The number of hydrogen-bond donors (Lipinski definition) is 5. The van der Waals surface area contributed by atoms with Crippen LogP contribution in [0, 0.1) is 0 Å². The molecule has 0 heterocycles. The number of phenolic OH excluding ortho intramolecular Hbond substituents is 1. The molecule has 0 aliphatic rings. The summed E-state index contributed by atoms with van der Waals surface area (Å²) in [6.07, 6.45) is -0.342. The molecule has 3 rings (SSSR count). The lowest BCUT2D eigenvalue weighted by Gasteiger charge is -2.25. The first kappa shape index (κ1) is 36.8. The number of benzene rings is 3. The molecule has 3 amide bonds. The predicted octanol–water partition coefficient (Wildman–Crippen LogP) is 5.48. The fourth-order valence-electron chi connectivity index (χ4n) is 4.27. The van der Waals surface area contributed by atoms with E-state index >= 15 is 0 Å². The third-order valence-corrected chi connectivity index (χ3v) is 8.91. The fraction of sp³-hybridized carbons (Fsp3) is 0.323. The van der Waals surface area contributed by atoms with Crippen LogP contribution in [0.1, 0.15) is 36.1 Å². The third kappa shape index (κ3) is 11.3. The number of carbonyl (C=O) groups is 3. The molecule has 0 fully saturated rings. The molecule has 5 N–H and O–H groups in total. The smallest absolute Gasteiger partial charge is 0.245 e. The highest BCUT2D eigenvalue weighted by Crippen LogP contribution is 2.37. The van der Waals surface area contributed by atoms with Gasteiger partial charge in [0.25, 0.3) is 0 Å². The standard InChI is InChI=1S/C31H33Br4N3O7/c1-17(39)36-9-3-11-45-21-6-4-18(5-7-21)14-26(40)38-27(28(41)20-15-24(34)30(44-2)25(35)16-20)31(43)37-10-8-19-12-22(32)29(42)23(33)13-19/h4-7,12-13,15-16,27-28,41-42H,3,8-11,14H2,1-2H3,(H,36,39)(H,37,43)(H,38,40)/t27-,28?/m1/s1. The summed E-state index contributed by atoms with van der Waals surface area (Å²) in [5.41, 5.74) is 1.91. The van der Waals surface area contributed by atoms with E-state index in [0.29, 0.717) is 66.5 Å². The van der Waals surface area contributed by atoms with Gasteiger partial charge in [-0.15, -0.1) is 0 Å². The zero-order valence-electron chi connectivity index (χ0n) is 24.5. The van der Waals surface area contributed by atoms with Crippen molar-refractivity contribution in [2.45, 2.75) is 38.3 Å². The Kier molecular flexibility index (Phi) is 14.6. The lowest BCUT2D eigenvalue weighted by molar-refractivity contribution is -0.131. The van der Waals surface area contributed by atoms with E-state index in [0.717, 1.165) is 5.56 Å². The van der Waals surface area contributed by atoms with Crippen molar-refractivity contribution in [3.05, 3.63) is 83.1 Å². The van der Waals surface area contributed by atoms with E-state index in [4.69, 9.17) is 9.47 Å². The van der Waals surface area contributed by atoms with Crippen LogP contribution in [0.25, 0.3) is 0 Å². The molecule has 3 aromatic rings. The molecule has 242 valence electrons. The van der Waals surface area contributed by atoms with Crippen molar-refractivity contribution < 1.29 is 34.1 Å². The Morgan fingerprint density at radius 3 is 2.07 bits per heavy atom. The Bertz CT molecular complexity index is 1460. The van der Waals surface area contributed by atoms with Gasteiger partial charge in [0, 0.05) is 20.0 Å². The normalized spacial score (nSPS) is 12.2. The van der Waals surface area contributed by atoms with Crippen molar-refractivity contribution in [1.29, 1.82) is 0 Å². The summed E-state index contributed by atoms with van der Waals surface area (Å²) < 4.78 is 13.2. The number of aromatic hydroxyl groups is 1. The maximum atomic E-state index is 13.4. The Morgan fingerprint density at radius 2 is 1.49 bits per heavy atom. The SMILES string of the molecule is COc1c(Br)cc(C(O)[C@@H](NC(=O)Cc2ccc(OCCCNC(C)=O)cc2)C(=O)NCCc2cc(Br)c(O)c(Br)c2)cc1Br. The van der Waals surface area contributed by atoms with Gasteiger partial charge in [-0.25, -0.2) is 0 Å². The van der Waals surface area contributed by atoms with Gasteiger partial charge in [0.1, 0.15) is 29.4 Å². The summed E-state index contributed by atoms with van der Waals surface area (Å²) in [5.74, 6) is 0.0901. The fourth-order valence-corrected chi connectivity index (χ4v) is 7.09. The molecule has 0 aliphatic carbocycles. The van der Waals surface area contributed by atoms with E-state index < -0.39 is 24.0 Å². The highest BCUT2D eigenvalue weighted by Gasteiger charge is 2.30. The van der Waals surface area contributed by atoms with Gasteiger partial charge >= 0.3 is 0 Å². The van der Waals surface area contributed by atoms with Crippen LogP contribution in [0.5, 0.6) is 17.2 Å². The summed E-state index contributed by atoms with van der Waals surface area (Å²) in [5, 5.41) is 29.5. The molecule has 0 radical (unpaired) electrons. The number of aliphatic hydroxyl groups excluding tert-OH is 1. The zero-order chi connectivity index (χ0) is 33.1. The van der Waals surface area contributed by atoms with Crippen molar-refractivity contribution in [3.63, 3.8) is 0 Å². The number of rotatable bonds is 15. The number of halogens is 4. The van der Waals surface area contributed by atoms with Gasteiger partial charge < -0.3 is 35.6 Å². The minimum Gasteiger partial charge on any atom is -0.506 e. The highest BCUT2D eigenvalue weighted by atomic mass is 79.9. The molecular formula is C31H33Br4N3O7. The maximum absolute atomic E-state index is 13.4. The topological polar surface area (TPSA) is 146 Å². The molecule has 10 nitrogen and oxygen atoms in total. The van der Waals surface area contributed by atoms with Crippen molar-refractivity contribution >= 4 is 81.4 Å². The monoisotopic (exact) mass is 875 g/mol. The quantitative estimate of drug-likeness (QED) is 0.127. The number of carbonyl (C=O) groups excluding carboxylic acids is 3. The first-order valence-corrected chi connectivity index (χ1v) is 17.0. The molecule has 1 unspecified atom stereocenters. The largest absolute Gasteiger partial charge is 0.506 e. The number of ether oxygens (including phenoxy) is 2. The molecule has 0 saturated heterocycles. The van der Waals surface area contributed by atoms with Crippen molar-refractivity contribution in [2.75, 3.05) is 26.8 Å². The first-order chi connectivity index (χ1) is 21.4. The lowest BCUT2D eigenvalue weighted by atomic mass is 10.0. The third-order valence-electron chi connectivity index (χ3n) is 6.52. The van der Waals surface area contributed by atoms with Crippen molar-refractivity contribution in [2.24, 2.45) is 0 Å². The Hall–Kier alpha value is -2.65. The molecule has 2 atom stereocenters. The second-order valence-corrected chi connectivity index (χ2v) is 13.4. The second kappa shape index (κ2) is 17.9. The van der Waals surface area contributed by atoms with E-state index in [-0.39, 0.29) is 24.6 Å².